The normalized spacial score (nSPS) is 10.5. The largest absolute Gasteiger partial charge is 0.494 e. The quantitative estimate of drug-likeness (QED) is 0.511. The molecule has 4 rings (SSSR count). The maximum Gasteiger partial charge on any atom is 0.258 e. The minimum Gasteiger partial charge on any atom is -0.494 e. The number of anilines is 3. The van der Waals surface area contributed by atoms with E-state index in [1.165, 1.54) is 12.4 Å². The number of amides is 1. The summed E-state index contributed by atoms with van der Waals surface area (Å²) >= 11 is 0. The smallest absolute Gasteiger partial charge is 0.258 e. The van der Waals surface area contributed by atoms with Gasteiger partial charge in [-0.25, -0.2) is 9.97 Å². The zero-order chi connectivity index (χ0) is 20.1. The van der Waals surface area contributed by atoms with Crippen LogP contribution in [0.15, 0.2) is 73.2 Å². The molecule has 0 unspecified atom stereocenters. The van der Waals surface area contributed by atoms with Gasteiger partial charge in [-0.05, 0) is 43.3 Å². The molecule has 0 atom stereocenters. The van der Waals surface area contributed by atoms with Crippen molar-refractivity contribution in [3.63, 3.8) is 0 Å². The van der Waals surface area contributed by atoms with Crippen molar-refractivity contribution in [1.82, 2.24) is 15.0 Å². The Kier molecular flexibility index (Phi) is 5.29. The molecule has 0 aliphatic heterocycles. The summed E-state index contributed by atoms with van der Waals surface area (Å²) in [6.07, 6.45) is 4.71. The lowest BCUT2D eigenvalue weighted by Crippen LogP contribution is -2.13. The fourth-order valence-electron chi connectivity index (χ4n) is 2.84. The molecule has 0 radical (unpaired) electrons. The van der Waals surface area contributed by atoms with E-state index in [1.54, 1.807) is 30.5 Å². The number of ether oxygens (including phenoxy) is 1. The number of hydrogen-bond donors (Lipinski definition) is 2. The van der Waals surface area contributed by atoms with Crippen molar-refractivity contribution in [3.05, 3.63) is 78.8 Å². The molecule has 2 aromatic heterocycles. The highest BCUT2D eigenvalue weighted by atomic mass is 16.5. The van der Waals surface area contributed by atoms with Gasteiger partial charge >= 0.3 is 0 Å². The van der Waals surface area contributed by atoms with Crippen LogP contribution in [0.4, 0.5) is 17.3 Å². The van der Waals surface area contributed by atoms with Gasteiger partial charge in [-0.3, -0.25) is 9.78 Å². The molecule has 0 fully saturated rings. The lowest BCUT2D eigenvalue weighted by Gasteiger charge is -2.09. The van der Waals surface area contributed by atoms with Crippen molar-refractivity contribution in [1.29, 1.82) is 0 Å². The van der Waals surface area contributed by atoms with Gasteiger partial charge in [0.2, 0.25) is 5.95 Å². The predicted molar refractivity (Wildman–Crippen MR) is 113 cm³/mol. The Morgan fingerprint density at radius 1 is 0.966 bits per heavy atom. The summed E-state index contributed by atoms with van der Waals surface area (Å²) < 4.78 is 5.40. The Balaban J connectivity index is 1.45. The van der Waals surface area contributed by atoms with Gasteiger partial charge in [-0.2, -0.15) is 0 Å². The molecule has 4 aromatic rings. The molecule has 144 valence electrons. The lowest BCUT2D eigenvalue weighted by atomic mass is 10.2. The number of aromatic nitrogens is 3. The molecular weight excluding hydrogens is 366 g/mol. The average molecular weight is 385 g/mol. The van der Waals surface area contributed by atoms with Crippen LogP contribution in [0.1, 0.15) is 17.3 Å². The Morgan fingerprint density at radius 2 is 1.72 bits per heavy atom. The van der Waals surface area contributed by atoms with E-state index in [9.17, 15) is 4.79 Å². The minimum absolute atomic E-state index is 0.285. The first kappa shape index (κ1) is 18.4. The van der Waals surface area contributed by atoms with E-state index in [2.05, 4.69) is 25.6 Å². The van der Waals surface area contributed by atoms with Crippen LogP contribution in [0.25, 0.3) is 10.9 Å². The Labute approximate surface area is 167 Å². The van der Waals surface area contributed by atoms with Gasteiger partial charge < -0.3 is 15.4 Å². The van der Waals surface area contributed by atoms with Crippen molar-refractivity contribution in [2.45, 2.75) is 6.92 Å². The topological polar surface area (TPSA) is 89.0 Å². The van der Waals surface area contributed by atoms with Gasteiger partial charge in [0.25, 0.3) is 5.91 Å². The summed E-state index contributed by atoms with van der Waals surface area (Å²) in [5.41, 5.74) is 2.66. The molecule has 29 heavy (non-hydrogen) atoms. The second kappa shape index (κ2) is 8.35. The lowest BCUT2D eigenvalue weighted by molar-refractivity contribution is 0.102. The van der Waals surface area contributed by atoms with Gasteiger partial charge in [0.15, 0.2) is 0 Å². The second-order valence-electron chi connectivity index (χ2n) is 6.21. The number of fused-ring (bicyclic) bond motifs is 1. The highest BCUT2D eigenvalue weighted by Crippen LogP contribution is 2.23. The molecule has 0 saturated carbocycles. The third kappa shape index (κ3) is 4.30. The number of hydrogen-bond acceptors (Lipinski definition) is 6. The van der Waals surface area contributed by atoms with Crippen molar-refractivity contribution >= 4 is 34.1 Å². The number of carbonyl (C=O) groups excluding carboxylic acids is 1. The Hall–Kier alpha value is -4.00. The summed E-state index contributed by atoms with van der Waals surface area (Å²) in [7, 11) is 0. The molecule has 7 heteroatoms. The van der Waals surface area contributed by atoms with Gasteiger partial charge in [0.1, 0.15) is 5.75 Å². The van der Waals surface area contributed by atoms with Crippen LogP contribution in [0, 0.1) is 0 Å². The molecule has 0 spiro atoms. The molecule has 0 saturated heterocycles. The Morgan fingerprint density at radius 3 is 2.48 bits per heavy atom. The fourth-order valence-corrected chi connectivity index (χ4v) is 2.84. The van der Waals surface area contributed by atoms with Crippen molar-refractivity contribution < 1.29 is 9.53 Å². The molecule has 2 heterocycles. The van der Waals surface area contributed by atoms with Crippen LogP contribution in [-0.4, -0.2) is 27.5 Å². The predicted octanol–water partition coefficient (Wildman–Crippen LogP) is 4.42. The standard InChI is InChI=1S/C22H19N5O2/c1-2-29-18-10-8-17(9-11-18)26-21(28)16-13-24-22(25-14-16)27-19-7-3-5-15-6-4-12-23-20(15)19/h3-14H,2H2,1H3,(H,26,28)(H,24,25,27). The van der Waals surface area contributed by atoms with E-state index in [1.807, 2.05) is 37.3 Å². The van der Waals surface area contributed by atoms with E-state index < -0.39 is 0 Å². The monoisotopic (exact) mass is 385 g/mol. The zero-order valence-corrected chi connectivity index (χ0v) is 15.8. The highest BCUT2D eigenvalue weighted by Gasteiger charge is 2.09. The maximum atomic E-state index is 12.4. The highest BCUT2D eigenvalue weighted by molar-refractivity contribution is 6.04. The van der Waals surface area contributed by atoms with E-state index in [4.69, 9.17) is 4.74 Å². The third-order valence-corrected chi connectivity index (χ3v) is 4.22. The maximum absolute atomic E-state index is 12.4. The third-order valence-electron chi connectivity index (χ3n) is 4.22. The average Bonchev–Trinajstić information content (AvgIpc) is 2.76. The number of para-hydroxylation sites is 1. The van der Waals surface area contributed by atoms with Gasteiger partial charge in [-0.1, -0.05) is 18.2 Å². The van der Waals surface area contributed by atoms with Gasteiger partial charge in [0, 0.05) is 29.7 Å². The molecular formula is C22H19N5O2. The first-order chi connectivity index (χ1) is 14.2. The summed E-state index contributed by atoms with van der Waals surface area (Å²) in [6.45, 7) is 2.52. The first-order valence-electron chi connectivity index (χ1n) is 9.20. The summed E-state index contributed by atoms with van der Waals surface area (Å²) in [6, 6.07) is 16.9. The summed E-state index contributed by atoms with van der Waals surface area (Å²) in [5, 5.41) is 6.98. The van der Waals surface area contributed by atoms with Gasteiger partial charge in [0.05, 0.1) is 23.4 Å². The minimum atomic E-state index is -0.285. The zero-order valence-electron chi connectivity index (χ0n) is 15.8. The van der Waals surface area contributed by atoms with Crippen LogP contribution >= 0.6 is 0 Å². The SMILES string of the molecule is CCOc1ccc(NC(=O)c2cnc(Nc3cccc4cccnc34)nc2)cc1. The molecule has 2 N–H and O–H groups in total. The molecule has 0 bridgehead atoms. The molecule has 2 aromatic carbocycles. The van der Waals surface area contributed by atoms with E-state index >= 15 is 0 Å². The van der Waals surface area contributed by atoms with Crippen molar-refractivity contribution in [2.24, 2.45) is 0 Å². The number of carbonyl (C=O) groups is 1. The molecule has 0 aliphatic carbocycles. The first-order valence-corrected chi connectivity index (χ1v) is 9.20. The number of nitrogens with one attached hydrogen (secondary N) is 2. The van der Waals surface area contributed by atoms with Gasteiger partial charge in [-0.15, -0.1) is 0 Å². The summed E-state index contributed by atoms with van der Waals surface area (Å²) in [4.78, 5) is 25.3. The number of pyridine rings is 1. The molecule has 1 amide bonds. The van der Waals surface area contributed by atoms with Crippen LogP contribution in [-0.2, 0) is 0 Å². The van der Waals surface area contributed by atoms with Crippen LogP contribution < -0.4 is 15.4 Å². The van der Waals surface area contributed by atoms with E-state index in [0.29, 0.717) is 23.8 Å². The van der Waals surface area contributed by atoms with Crippen molar-refractivity contribution in [3.8, 4) is 5.75 Å². The summed E-state index contributed by atoms with van der Waals surface area (Å²) in [5.74, 6) is 0.862. The van der Waals surface area contributed by atoms with Crippen LogP contribution in [0.5, 0.6) is 5.75 Å². The van der Waals surface area contributed by atoms with E-state index in [-0.39, 0.29) is 5.91 Å². The molecule has 7 nitrogen and oxygen atoms in total. The number of rotatable bonds is 6. The van der Waals surface area contributed by atoms with Crippen LogP contribution in [0.2, 0.25) is 0 Å². The molecule has 0 aliphatic rings. The van der Waals surface area contributed by atoms with E-state index in [0.717, 1.165) is 22.3 Å². The van der Waals surface area contributed by atoms with Crippen LogP contribution in [0.3, 0.4) is 0 Å². The Bertz CT molecular complexity index is 1120. The number of nitrogens with zero attached hydrogens (tertiary/aromatic N) is 3. The van der Waals surface area contributed by atoms with Crippen molar-refractivity contribution in [2.75, 3.05) is 17.2 Å². The number of benzene rings is 2. The fraction of sp³-hybridized carbons (Fsp3) is 0.0909. The second-order valence-corrected chi connectivity index (χ2v) is 6.21.